The number of likely N-dealkylation sites (tertiary alicyclic amines) is 1. The van der Waals surface area contributed by atoms with Crippen LogP contribution in [-0.2, 0) is 4.79 Å². The molecule has 0 aromatic carbocycles. The van der Waals surface area contributed by atoms with Gasteiger partial charge in [0.05, 0.1) is 11.6 Å². The number of piperidine rings is 1. The smallest absolute Gasteiger partial charge is 0.308 e. The zero-order valence-corrected chi connectivity index (χ0v) is 14.7. The molecule has 1 aliphatic rings. The molecule has 1 N–H and O–H groups in total. The highest BCUT2D eigenvalue weighted by molar-refractivity contribution is 7.17. The maximum Gasteiger partial charge on any atom is 0.308 e. The largest absolute Gasteiger partial charge is 0.481 e. The Morgan fingerprint density at radius 2 is 2.08 bits per heavy atom. The first-order valence-electron chi connectivity index (χ1n) is 7.95. The fraction of sp³-hybridized carbons (Fsp3) is 0.471. The molecule has 1 amide bonds. The highest BCUT2D eigenvalue weighted by Crippen LogP contribution is 2.32. The summed E-state index contributed by atoms with van der Waals surface area (Å²) in [5, 5.41) is 9.91. The van der Waals surface area contributed by atoms with Crippen molar-refractivity contribution >= 4 is 23.2 Å². The third kappa shape index (κ3) is 3.08. The van der Waals surface area contributed by atoms with Gasteiger partial charge in [-0.25, -0.2) is 4.98 Å². The van der Waals surface area contributed by atoms with Gasteiger partial charge in [-0.15, -0.1) is 11.3 Å². The SMILES string of the molecule is Cc1ccc(-c2nc(C)c(C(=O)N3CC(C(=O)O)CCC3C)s2)o1. The lowest BCUT2D eigenvalue weighted by atomic mass is 9.93. The first-order chi connectivity index (χ1) is 11.4. The molecule has 2 aromatic rings. The summed E-state index contributed by atoms with van der Waals surface area (Å²) in [4.78, 5) is 30.9. The lowest BCUT2D eigenvalue weighted by Gasteiger charge is -2.36. The molecule has 24 heavy (non-hydrogen) atoms. The van der Waals surface area contributed by atoms with Gasteiger partial charge in [0.25, 0.3) is 5.91 Å². The fourth-order valence-corrected chi connectivity index (χ4v) is 3.96. The number of amides is 1. The van der Waals surface area contributed by atoms with Crippen molar-refractivity contribution in [1.29, 1.82) is 0 Å². The van der Waals surface area contributed by atoms with Crippen molar-refractivity contribution in [2.45, 2.75) is 39.7 Å². The van der Waals surface area contributed by atoms with Crippen LogP contribution in [0.15, 0.2) is 16.5 Å². The molecule has 6 nitrogen and oxygen atoms in total. The van der Waals surface area contributed by atoms with E-state index in [1.807, 2.05) is 26.0 Å². The number of carbonyl (C=O) groups excluding carboxylic acids is 1. The number of carboxylic acid groups (broad SMARTS) is 1. The van der Waals surface area contributed by atoms with E-state index >= 15 is 0 Å². The number of hydrogen-bond acceptors (Lipinski definition) is 5. The van der Waals surface area contributed by atoms with E-state index in [9.17, 15) is 14.7 Å². The number of carboxylic acids is 1. The Hall–Kier alpha value is -2.15. The molecule has 0 radical (unpaired) electrons. The highest BCUT2D eigenvalue weighted by atomic mass is 32.1. The van der Waals surface area contributed by atoms with Crippen molar-refractivity contribution in [3.63, 3.8) is 0 Å². The second-order valence-corrected chi connectivity index (χ2v) is 7.26. The lowest BCUT2D eigenvalue weighted by Crippen LogP contribution is -2.47. The minimum Gasteiger partial charge on any atom is -0.481 e. The zero-order valence-electron chi connectivity index (χ0n) is 13.9. The third-order valence-corrected chi connectivity index (χ3v) is 5.59. The molecule has 2 unspecified atom stereocenters. The van der Waals surface area contributed by atoms with Crippen molar-refractivity contribution in [1.82, 2.24) is 9.88 Å². The molecule has 1 saturated heterocycles. The molecule has 0 saturated carbocycles. The van der Waals surface area contributed by atoms with Crippen LogP contribution in [0.4, 0.5) is 0 Å². The van der Waals surface area contributed by atoms with Crippen LogP contribution in [-0.4, -0.2) is 39.5 Å². The molecule has 0 bridgehead atoms. The standard InChI is InChI=1S/C17H20N2O4S/c1-9-4-6-12(17(21)22)8-19(9)16(20)14-11(3)18-15(24-14)13-7-5-10(2)23-13/h5,7,9,12H,4,6,8H2,1-3H3,(H,21,22). The summed E-state index contributed by atoms with van der Waals surface area (Å²) >= 11 is 1.30. The van der Waals surface area contributed by atoms with Gasteiger partial charge in [0.2, 0.25) is 0 Å². The van der Waals surface area contributed by atoms with Gasteiger partial charge in [0.1, 0.15) is 10.6 Å². The summed E-state index contributed by atoms with van der Waals surface area (Å²) < 4.78 is 5.58. The molecular formula is C17H20N2O4S. The molecule has 2 atom stereocenters. The molecule has 0 aliphatic carbocycles. The Bertz CT molecular complexity index is 779. The van der Waals surface area contributed by atoms with Crippen molar-refractivity contribution in [3.8, 4) is 10.8 Å². The average molecular weight is 348 g/mol. The van der Waals surface area contributed by atoms with Crippen molar-refractivity contribution in [2.24, 2.45) is 5.92 Å². The van der Waals surface area contributed by atoms with Crippen molar-refractivity contribution < 1.29 is 19.1 Å². The number of aliphatic carboxylic acids is 1. The van der Waals surface area contributed by atoms with Crippen LogP contribution >= 0.6 is 11.3 Å². The number of rotatable bonds is 3. The van der Waals surface area contributed by atoms with E-state index < -0.39 is 11.9 Å². The first-order valence-corrected chi connectivity index (χ1v) is 8.76. The lowest BCUT2D eigenvalue weighted by molar-refractivity contribution is -0.143. The number of thiazole rings is 1. The van der Waals surface area contributed by atoms with Gasteiger partial charge in [-0.2, -0.15) is 0 Å². The van der Waals surface area contributed by atoms with Crippen LogP contribution in [0, 0.1) is 19.8 Å². The molecule has 7 heteroatoms. The predicted octanol–water partition coefficient (Wildman–Crippen LogP) is 3.35. The average Bonchev–Trinajstić information content (AvgIpc) is 3.12. The van der Waals surface area contributed by atoms with Crippen LogP contribution in [0.3, 0.4) is 0 Å². The molecular weight excluding hydrogens is 328 g/mol. The summed E-state index contributed by atoms with van der Waals surface area (Å²) in [7, 11) is 0. The van der Waals surface area contributed by atoms with Crippen LogP contribution in [0.25, 0.3) is 10.8 Å². The molecule has 2 aromatic heterocycles. The van der Waals surface area contributed by atoms with E-state index in [2.05, 4.69) is 4.98 Å². The van der Waals surface area contributed by atoms with E-state index in [-0.39, 0.29) is 18.5 Å². The van der Waals surface area contributed by atoms with Gasteiger partial charge in [-0.05, 0) is 45.7 Å². The van der Waals surface area contributed by atoms with E-state index in [4.69, 9.17) is 4.42 Å². The number of aryl methyl sites for hydroxylation is 2. The van der Waals surface area contributed by atoms with E-state index in [1.165, 1.54) is 11.3 Å². The Morgan fingerprint density at radius 3 is 2.71 bits per heavy atom. The number of nitrogens with zero attached hydrogens (tertiary/aromatic N) is 2. The molecule has 1 fully saturated rings. The first kappa shape index (κ1) is 16.7. The number of furan rings is 1. The Labute approximate surface area is 144 Å². The van der Waals surface area contributed by atoms with Crippen LogP contribution in [0.2, 0.25) is 0 Å². The van der Waals surface area contributed by atoms with Gasteiger partial charge in [0.15, 0.2) is 10.8 Å². The van der Waals surface area contributed by atoms with Crippen LogP contribution in [0.1, 0.15) is 40.9 Å². The van der Waals surface area contributed by atoms with Gasteiger partial charge < -0.3 is 14.4 Å². The maximum absolute atomic E-state index is 12.9. The van der Waals surface area contributed by atoms with Crippen molar-refractivity contribution in [2.75, 3.05) is 6.54 Å². The van der Waals surface area contributed by atoms with Gasteiger partial charge in [-0.1, -0.05) is 0 Å². The summed E-state index contributed by atoms with van der Waals surface area (Å²) in [5.74, 6) is -0.0366. The monoisotopic (exact) mass is 348 g/mol. The normalized spacial score (nSPS) is 21.0. The summed E-state index contributed by atoms with van der Waals surface area (Å²) in [5.41, 5.74) is 0.652. The molecule has 1 aliphatic heterocycles. The second-order valence-electron chi connectivity index (χ2n) is 6.26. The number of hydrogen-bond donors (Lipinski definition) is 1. The topological polar surface area (TPSA) is 83.6 Å². The quantitative estimate of drug-likeness (QED) is 0.919. The molecule has 128 valence electrons. The maximum atomic E-state index is 12.9. The van der Waals surface area contributed by atoms with Gasteiger partial charge in [-0.3, -0.25) is 9.59 Å². The third-order valence-electron chi connectivity index (χ3n) is 4.43. The Balaban J connectivity index is 1.86. The number of aromatic nitrogens is 1. The minimum absolute atomic E-state index is 0.0314. The van der Waals surface area contributed by atoms with Crippen molar-refractivity contribution in [3.05, 3.63) is 28.5 Å². The molecule has 3 rings (SSSR count). The Kier molecular flexibility index (Phi) is 4.45. The van der Waals surface area contributed by atoms with E-state index in [1.54, 1.807) is 11.8 Å². The van der Waals surface area contributed by atoms with Crippen LogP contribution < -0.4 is 0 Å². The minimum atomic E-state index is -0.840. The van der Waals surface area contributed by atoms with Crippen LogP contribution in [0.5, 0.6) is 0 Å². The second kappa shape index (κ2) is 6.39. The Morgan fingerprint density at radius 1 is 1.33 bits per heavy atom. The summed E-state index contributed by atoms with van der Waals surface area (Å²) in [6.07, 6.45) is 1.31. The zero-order chi connectivity index (χ0) is 17.4. The summed E-state index contributed by atoms with van der Waals surface area (Å²) in [6.45, 7) is 5.87. The van der Waals surface area contributed by atoms with E-state index in [0.29, 0.717) is 34.2 Å². The fourth-order valence-electron chi connectivity index (χ4n) is 2.97. The number of carbonyl (C=O) groups is 2. The summed E-state index contributed by atoms with van der Waals surface area (Å²) in [6, 6.07) is 3.73. The van der Waals surface area contributed by atoms with Gasteiger partial charge >= 0.3 is 5.97 Å². The highest BCUT2D eigenvalue weighted by Gasteiger charge is 2.34. The van der Waals surface area contributed by atoms with E-state index in [0.717, 1.165) is 5.76 Å². The van der Waals surface area contributed by atoms with Gasteiger partial charge in [0, 0.05) is 12.6 Å². The predicted molar refractivity (Wildman–Crippen MR) is 90.1 cm³/mol. The molecule has 3 heterocycles. The molecule has 0 spiro atoms.